The van der Waals surface area contributed by atoms with Gasteiger partial charge < -0.3 is 5.11 Å². The van der Waals surface area contributed by atoms with Crippen LogP contribution in [0.25, 0.3) is 10.9 Å². The average Bonchev–Trinajstić information content (AvgIpc) is 2.25. The van der Waals surface area contributed by atoms with E-state index in [0.29, 0.717) is 0 Å². The molecule has 0 amide bonds. The van der Waals surface area contributed by atoms with E-state index in [1.165, 1.54) is 0 Å². The molecular weight excluding hydrogens is 198 g/mol. The number of hydrogen-bond acceptors (Lipinski definition) is 2. The zero-order valence-electron chi connectivity index (χ0n) is 9.36. The first-order chi connectivity index (χ1) is 7.54. The lowest BCUT2D eigenvalue weighted by atomic mass is 10.1. The number of hydrogen-bond donors (Lipinski definition) is 1. The van der Waals surface area contributed by atoms with Gasteiger partial charge in [0.05, 0.1) is 5.52 Å². The number of pyridine rings is 1. The summed E-state index contributed by atoms with van der Waals surface area (Å²) < 4.78 is 0. The van der Waals surface area contributed by atoms with Crippen molar-refractivity contribution < 1.29 is 5.11 Å². The summed E-state index contributed by atoms with van der Waals surface area (Å²) in [7, 11) is 0. The maximum Gasteiger partial charge on any atom is 0.120 e. The Labute approximate surface area is 95.0 Å². The third kappa shape index (κ3) is 2.59. The Morgan fingerprint density at radius 1 is 1.25 bits per heavy atom. The molecule has 80 valence electrons. The molecule has 2 heteroatoms. The molecule has 0 aliphatic rings. The van der Waals surface area contributed by atoms with E-state index in [9.17, 15) is 5.11 Å². The number of aliphatic hydroxyl groups is 1. The van der Waals surface area contributed by atoms with Gasteiger partial charge in [0, 0.05) is 17.1 Å². The van der Waals surface area contributed by atoms with E-state index >= 15 is 0 Å². The predicted molar refractivity (Wildman–Crippen MR) is 64.9 cm³/mol. The summed E-state index contributed by atoms with van der Waals surface area (Å²) >= 11 is 0. The molecule has 16 heavy (non-hydrogen) atoms. The maximum atomic E-state index is 9.51. The van der Waals surface area contributed by atoms with Crippen molar-refractivity contribution >= 4 is 10.9 Å². The summed E-state index contributed by atoms with van der Waals surface area (Å²) in [6.45, 7) is 3.34. The number of rotatable bonds is 0. The van der Waals surface area contributed by atoms with Crippen LogP contribution in [0.4, 0.5) is 0 Å². The first-order valence-electron chi connectivity index (χ1n) is 5.15. The first kappa shape index (κ1) is 10.7. The summed E-state index contributed by atoms with van der Waals surface area (Å²) in [4.78, 5) is 4.23. The maximum absolute atomic E-state index is 9.51. The third-order valence-corrected chi connectivity index (χ3v) is 2.12. The molecule has 1 aromatic carbocycles. The molecular formula is C14H13NO. The third-order valence-electron chi connectivity index (χ3n) is 2.12. The van der Waals surface area contributed by atoms with Gasteiger partial charge in [-0.3, -0.25) is 4.98 Å². The van der Waals surface area contributed by atoms with E-state index in [2.05, 4.69) is 16.8 Å². The van der Waals surface area contributed by atoms with Gasteiger partial charge in [0.2, 0.25) is 0 Å². The fourth-order valence-corrected chi connectivity index (χ4v) is 1.38. The van der Waals surface area contributed by atoms with E-state index in [1.54, 1.807) is 20.0 Å². The molecule has 2 nitrogen and oxygen atoms in total. The minimum Gasteiger partial charge on any atom is -0.378 e. The van der Waals surface area contributed by atoms with Gasteiger partial charge in [0.25, 0.3) is 0 Å². The number of nitrogens with zero attached hydrogens (tertiary/aromatic N) is 1. The number of benzene rings is 1. The van der Waals surface area contributed by atoms with Gasteiger partial charge in [-0.2, -0.15) is 0 Å². The van der Waals surface area contributed by atoms with Crippen LogP contribution in [0, 0.1) is 11.8 Å². The van der Waals surface area contributed by atoms with Crippen molar-refractivity contribution in [3.05, 3.63) is 42.1 Å². The number of fused-ring (bicyclic) bond motifs is 1. The van der Waals surface area contributed by atoms with Crippen molar-refractivity contribution in [2.45, 2.75) is 19.4 Å². The Morgan fingerprint density at radius 2 is 2.06 bits per heavy atom. The van der Waals surface area contributed by atoms with E-state index in [-0.39, 0.29) is 0 Å². The van der Waals surface area contributed by atoms with E-state index in [1.807, 2.05) is 30.3 Å². The molecule has 2 aromatic rings. The summed E-state index contributed by atoms with van der Waals surface area (Å²) in [5, 5.41) is 10.6. The Balaban J connectivity index is 2.43. The quantitative estimate of drug-likeness (QED) is 0.678. The van der Waals surface area contributed by atoms with Gasteiger partial charge in [-0.1, -0.05) is 17.9 Å². The van der Waals surface area contributed by atoms with Crippen LogP contribution in [-0.4, -0.2) is 15.7 Å². The Kier molecular flexibility index (Phi) is 2.64. The van der Waals surface area contributed by atoms with Gasteiger partial charge in [-0.25, -0.2) is 0 Å². The minimum atomic E-state index is -0.954. The highest BCUT2D eigenvalue weighted by Gasteiger charge is 2.05. The second-order valence-corrected chi connectivity index (χ2v) is 4.22. The molecule has 0 aliphatic carbocycles. The normalized spacial score (nSPS) is 10.9. The van der Waals surface area contributed by atoms with Crippen molar-refractivity contribution in [3.8, 4) is 11.8 Å². The summed E-state index contributed by atoms with van der Waals surface area (Å²) in [6.07, 6.45) is 1.77. The summed E-state index contributed by atoms with van der Waals surface area (Å²) in [5.74, 6) is 5.74. The second kappa shape index (κ2) is 3.96. The van der Waals surface area contributed by atoms with Crippen LogP contribution in [0.2, 0.25) is 0 Å². The molecule has 0 aliphatic heterocycles. The lowest BCUT2D eigenvalue weighted by Crippen LogP contribution is -2.14. The van der Waals surface area contributed by atoms with Crippen molar-refractivity contribution in [1.82, 2.24) is 4.98 Å². The topological polar surface area (TPSA) is 33.1 Å². The molecule has 1 heterocycles. The molecule has 0 bridgehead atoms. The van der Waals surface area contributed by atoms with E-state index < -0.39 is 5.60 Å². The smallest absolute Gasteiger partial charge is 0.120 e. The second-order valence-electron chi connectivity index (χ2n) is 4.22. The molecule has 0 fully saturated rings. The highest BCUT2D eigenvalue weighted by atomic mass is 16.3. The van der Waals surface area contributed by atoms with Crippen LogP contribution in [0.3, 0.4) is 0 Å². The first-order valence-corrected chi connectivity index (χ1v) is 5.15. The zero-order chi connectivity index (χ0) is 11.6. The van der Waals surface area contributed by atoms with Crippen LogP contribution >= 0.6 is 0 Å². The van der Waals surface area contributed by atoms with Crippen LogP contribution in [0.5, 0.6) is 0 Å². The summed E-state index contributed by atoms with van der Waals surface area (Å²) in [6, 6.07) is 9.71. The van der Waals surface area contributed by atoms with Crippen LogP contribution in [0.1, 0.15) is 19.4 Å². The van der Waals surface area contributed by atoms with Crippen molar-refractivity contribution in [2.24, 2.45) is 0 Å². The fraction of sp³-hybridized carbons (Fsp3) is 0.214. The number of aromatic nitrogens is 1. The van der Waals surface area contributed by atoms with Gasteiger partial charge in [0.1, 0.15) is 5.60 Å². The van der Waals surface area contributed by atoms with Gasteiger partial charge in [-0.05, 0) is 38.1 Å². The highest BCUT2D eigenvalue weighted by molar-refractivity contribution is 5.79. The van der Waals surface area contributed by atoms with Crippen molar-refractivity contribution in [1.29, 1.82) is 0 Å². The van der Waals surface area contributed by atoms with Crippen LogP contribution in [-0.2, 0) is 0 Å². The largest absolute Gasteiger partial charge is 0.378 e. The monoisotopic (exact) mass is 211 g/mol. The van der Waals surface area contributed by atoms with Gasteiger partial charge in [0.15, 0.2) is 0 Å². The van der Waals surface area contributed by atoms with Gasteiger partial charge >= 0.3 is 0 Å². The molecule has 0 saturated heterocycles. The Morgan fingerprint density at radius 3 is 2.81 bits per heavy atom. The standard InChI is InChI=1S/C14H13NO/c1-14(2,16)8-7-11-5-6-13-12(10-11)4-3-9-15-13/h3-6,9-10,16H,1-2H3. The fourth-order valence-electron chi connectivity index (χ4n) is 1.38. The van der Waals surface area contributed by atoms with Crippen molar-refractivity contribution in [2.75, 3.05) is 0 Å². The highest BCUT2D eigenvalue weighted by Crippen LogP contribution is 2.12. The minimum absolute atomic E-state index is 0.891. The van der Waals surface area contributed by atoms with E-state index in [4.69, 9.17) is 0 Å². The predicted octanol–water partition coefficient (Wildman–Crippen LogP) is 2.36. The lowest BCUT2D eigenvalue weighted by molar-refractivity contribution is 0.143. The van der Waals surface area contributed by atoms with Crippen LogP contribution in [0.15, 0.2) is 36.5 Å². The molecule has 0 atom stereocenters. The van der Waals surface area contributed by atoms with E-state index in [0.717, 1.165) is 16.5 Å². The molecule has 0 radical (unpaired) electrons. The van der Waals surface area contributed by atoms with Gasteiger partial charge in [-0.15, -0.1) is 0 Å². The average molecular weight is 211 g/mol. The lowest BCUT2D eigenvalue weighted by Gasteiger charge is -2.06. The summed E-state index contributed by atoms with van der Waals surface area (Å²) in [5.41, 5.74) is 0.892. The van der Waals surface area contributed by atoms with Crippen molar-refractivity contribution in [3.63, 3.8) is 0 Å². The van der Waals surface area contributed by atoms with Crippen LogP contribution < -0.4 is 0 Å². The SMILES string of the molecule is CC(C)(O)C#Cc1ccc2ncccc2c1. The zero-order valence-corrected chi connectivity index (χ0v) is 9.36. The Hall–Kier alpha value is -1.85. The molecule has 0 unspecified atom stereocenters. The Bertz CT molecular complexity index is 570. The molecule has 0 saturated carbocycles. The molecule has 0 spiro atoms. The molecule has 1 aromatic heterocycles. The molecule has 1 N–H and O–H groups in total. The molecule has 2 rings (SSSR count).